The van der Waals surface area contributed by atoms with Gasteiger partial charge in [-0.1, -0.05) is 0 Å². The number of hydrogen-bond acceptors (Lipinski definition) is 2. The summed E-state index contributed by atoms with van der Waals surface area (Å²) in [6.07, 6.45) is 4.85. The van der Waals surface area contributed by atoms with Crippen LogP contribution in [0.3, 0.4) is 0 Å². The Hall–Kier alpha value is -3.40. The number of halogens is 2. The van der Waals surface area contributed by atoms with Gasteiger partial charge in [0.2, 0.25) is 0 Å². The van der Waals surface area contributed by atoms with E-state index in [9.17, 15) is 0 Å². The Kier molecular flexibility index (Phi) is 10.4. The van der Waals surface area contributed by atoms with E-state index in [2.05, 4.69) is 152 Å². The molecule has 0 amide bonds. The number of benzene rings is 4. The maximum absolute atomic E-state index is 7.41. The van der Waals surface area contributed by atoms with Crippen LogP contribution in [0.25, 0.3) is 45.6 Å². The van der Waals surface area contributed by atoms with Gasteiger partial charge in [0.05, 0.1) is 0 Å². The van der Waals surface area contributed by atoms with Crippen LogP contribution in [0.15, 0.2) is 93.8 Å². The first-order chi connectivity index (χ1) is 25.9. The van der Waals surface area contributed by atoms with Gasteiger partial charge in [-0.2, -0.15) is 0 Å². The molecule has 0 spiro atoms. The van der Waals surface area contributed by atoms with Crippen molar-refractivity contribution in [2.45, 2.75) is 79.3 Å². The van der Waals surface area contributed by atoms with Crippen LogP contribution in [0.4, 0.5) is 0 Å². The molecule has 6 heteroatoms. The standard InChI is InChI=1S/C48H47O2Si.2ClH.Zr/c1-27-19-37-41(47(31(27)5)35-15-11-9-12-16-35)23-39(45-21-29(3)33(7)49-45)43(37)25-51-26-44-38-20-28(2)32(6)48(36-17-13-10-14-18-36)42(38)24-40(44)46-22-30(4)34(8)50-46;;;/h9-24,43-44,51H,25-26H2,1-8H3;2*1H;/q;;;+2/p-2. The molecule has 0 saturated heterocycles. The fraction of sp³-hybridized carbons (Fsp3) is 0.250. The van der Waals surface area contributed by atoms with Crippen molar-refractivity contribution in [3.05, 3.63) is 164 Å². The van der Waals surface area contributed by atoms with Crippen LogP contribution >= 0.6 is 17.0 Å². The van der Waals surface area contributed by atoms with E-state index in [1.807, 2.05) is 0 Å². The molecule has 2 heterocycles. The van der Waals surface area contributed by atoms with Crippen LogP contribution < -0.4 is 0 Å². The summed E-state index contributed by atoms with van der Waals surface area (Å²) in [5.41, 5.74) is 20.7. The zero-order valence-electron chi connectivity index (χ0n) is 32.5. The maximum atomic E-state index is 7.41. The predicted molar refractivity (Wildman–Crippen MR) is 229 cm³/mol. The summed E-state index contributed by atoms with van der Waals surface area (Å²) >= 11 is -2.79. The first-order valence-electron chi connectivity index (χ1n) is 19.1. The molecule has 6 aromatic rings. The van der Waals surface area contributed by atoms with E-state index >= 15 is 0 Å². The van der Waals surface area contributed by atoms with Gasteiger partial charge in [0, 0.05) is 0 Å². The Morgan fingerprint density at radius 3 is 1.26 bits per heavy atom. The molecule has 54 heavy (non-hydrogen) atoms. The Balaban J connectivity index is 1.26. The van der Waals surface area contributed by atoms with E-state index in [1.54, 1.807) is 0 Å². The van der Waals surface area contributed by atoms with Crippen molar-refractivity contribution in [2.75, 3.05) is 0 Å². The molecule has 2 aliphatic rings. The normalized spacial score (nSPS) is 16.6. The summed E-state index contributed by atoms with van der Waals surface area (Å²) < 4.78 is 13.1. The molecule has 2 nitrogen and oxygen atoms in total. The van der Waals surface area contributed by atoms with Crippen molar-refractivity contribution in [3.8, 4) is 22.3 Å². The third-order valence-corrected chi connectivity index (χ3v) is 34.0. The monoisotopic (exact) mass is 843 g/mol. The summed E-state index contributed by atoms with van der Waals surface area (Å²) in [6, 6.07) is 33.0. The summed E-state index contributed by atoms with van der Waals surface area (Å²) in [5.74, 6) is 2.46. The van der Waals surface area contributed by atoms with Crippen LogP contribution in [-0.2, 0) is 18.5 Å². The predicted octanol–water partition coefficient (Wildman–Crippen LogP) is 14.3. The molecular weight excluding hydrogens is 799 g/mol. The molecule has 273 valence electrons. The molecule has 2 aliphatic carbocycles. The molecule has 0 saturated carbocycles. The van der Waals surface area contributed by atoms with E-state index in [1.165, 1.54) is 89.0 Å². The van der Waals surface area contributed by atoms with Crippen LogP contribution in [0, 0.1) is 55.4 Å². The number of rotatable bonds is 9. The molecule has 2 atom stereocenters. The molecule has 4 aromatic carbocycles. The van der Waals surface area contributed by atoms with Gasteiger partial charge in [-0.05, 0) is 0 Å². The van der Waals surface area contributed by atoms with E-state index in [4.69, 9.17) is 25.9 Å². The Morgan fingerprint density at radius 2 is 0.926 bits per heavy atom. The van der Waals surface area contributed by atoms with E-state index < -0.39 is 24.4 Å². The summed E-state index contributed by atoms with van der Waals surface area (Å²) in [4.78, 5) is 0. The van der Waals surface area contributed by atoms with Crippen molar-refractivity contribution >= 4 is 46.2 Å². The number of aryl methyl sites for hydroxylation is 6. The van der Waals surface area contributed by atoms with E-state index in [0.29, 0.717) is 0 Å². The summed E-state index contributed by atoms with van der Waals surface area (Å²) in [5, 5.41) is 0. The molecule has 0 aliphatic heterocycles. The van der Waals surface area contributed by atoms with Crippen molar-refractivity contribution < 1.29 is 27.4 Å². The van der Waals surface area contributed by atoms with Crippen molar-refractivity contribution in [1.29, 1.82) is 0 Å². The summed E-state index contributed by atoms with van der Waals surface area (Å²) in [6.45, 7) is 17.5. The minimum atomic E-state index is -2.79. The molecule has 8 rings (SSSR count). The molecule has 2 aromatic heterocycles. The van der Waals surface area contributed by atoms with Gasteiger partial charge in [0.15, 0.2) is 0 Å². The molecule has 0 radical (unpaired) electrons. The third-order valence-electron chi connectivity index (χ3n) is 12.3. The molecular formula is C48H47Cl2O2SiZr. The topological polar surface area (TPSA) is 26.3 Å². The second-order valence-corrected chi connectivity index (χ2v) is 39.1. The quantitative estimate of drug-likeness (QED) is 0.136. The van der Waals surface area contributed by atoms with Crippen LogP contribution in [0.1, 0.15) is 90.5 Å². The SMILES string of the molecule is Cc1cc(C2=Cc3c(cc(C)c(C)c3-c3ccccc3)C2C[SiH](CC2C(c3cc(C)c(C)o3)=Cc3c2cc(C)c(C)c3-c2ccccc2)[Zr]([Cl])[Cl])oc1C. The third kappa shape index (κ3) is 6.66. The van der Waals surface area contributed by atoms with E-state index in [-0.39, 0.29) is 11.8 Å². The molecule has 2 unspecified atom stereocenters. The average molecular weight is 846 g/mol. The van der Waals surface area contributed by atoms with Gasteiger partial charge in [-0.25, -0.2) is 0 Å². The van der Waals surface area contributed by atoms with Gasteiger partial charge in [-0.3, -0.25) is 0 Å². The molecule has 0 bridgehead atoms. The van der Waals surface area contributed by atoms with Gasteiger partial charge in [-0.15, -0.1) is 0 Å². The molecule has 0 N–H and O–H groups in total. The average Bonchev–Trinajstić information content (AvgIpc) is 3.89. The van der Waals surface area contributed by atoms with Crippen LogP contribution in [0.2, 0.25) is 12.1 Å². The Morgan fingerprint density at radius 1 is 0.537 bits per heavy atom. The zero-order valence-corrected chi connectivity index (χ0v) is 37.6. The first-order valence-corrected chi connectivity index (χ1v) is 31.9. The van der Waals surface area contributed by atoms with Crippen molar-refractivity contribution in [1.82, 2.24) is 0 Å². The second kappa shape index (κ2) is 14.9. The first kappa shape index (κ1) is 37.5. The van der Waals surface area contributed by atoms with Crippen molar-refractivity contribution in [3.63, 3.8) is 0 Å². The van der Waals surface area contributed by atoms with Gasteiger partial charge in [0.25, 0.3) is 0 Å². The molecule has 0 fully saturated rings. The minimum absolute atomic E-state index is 0.164. The Labute approximate surface area is 336 Å². The Bertz CT molecular complexity index is 2260. The number of furan rings is 2. The van der Waals surface area contributed by atoms with Gasteiger partial charge >= 0.3 is 339 Å². The van der Waals surface area contributed by atoms with Crippen LogP contribution in [0.5, 0.6) is 0 Å². The van der Waals surface area contributed by atoms with Gasteiger partial charge < -0.3 is 0 Å². The van der Waals surface area contributed by atoms with Crippen LogP contribution in [-0.4, -0.2) is 5.92 Å². The number of allylic oxidation sites excluding steroid dienone is 2. The van der Waals surface area contributed by atoms with Gasteiger partial charge in [0.1, 0.15) is 0 Å². The van der Waals surface area contributed by atoms with Crippen molar-refractivity contribution in [2.24, 2.45) is 0 Å². The second-order valence-electron chi connectivity index (χ2n) is 15.6. The zero-order chi connectivity index (χ0) is 38.0. The fourth-order valence-electron chi connectivity index (χ4n) is 8.88. The van der Waals surface area contributed by atoms with E-state index in [0.717, 1.165) is 35.1 Å². The number of hydrogen-bond donors (Lipinski definition) is 0. The number of fused-ring (bicyclic) bond motifs is 2. The fourth-order valence-corrected chi connectivity index (χ4v) is 24.0. The summed E-state index contributed by atoms with van der Waals surface area (Å²) in [7, 11) is 14.8.